The number of pyridine rings is 1. The van der Waals surface area contributed by atoms with Crippen LogP contribution in [0.2, 0.25) is 0 Å². The summed E-state index contributed by atoms with van der Waals surface area (Å²) in [6.07, 6.45) is 5.23. The number of fused-ring (bicyclic) bond motifs is 1. The van der Waals surface area contributed by atoms with Gasteiger partial charge in [0.05, 0.1) is 28.3 Å². The molecular formula is C21H30N4O2. The fourth-order valence-electron chi connectivity index (χ4n) is 4.03. The van der Waals surface area contributed by atoms with Crippen molar-refractivity contribution in [3.05, 3.63) is 23.0 Å². The number of carbonyl (C=O) groups excluding carboxylic acids is 1. The van der Waals surface area contributed by atoms with Gasteiger partial charge in [0.25, 0.3) is 5.91 Å². The molecule has 2 heterocycles. The van der Waals surface area contributed by atoms with Crippen molar-refractivity contribution in [3.8, 4) is 0 Å². The molecule has 0 radical (unpaired) electrons. The van der Waals surface area contributed by atoms with Crippen LogP contribution >= 0.6 is 0 Å². The summed E-state index contributed by atoms with van der Waals surface area (Å²) in [5, 5.41) is 18.5. The normalized spacial score (nSPS) is 23.6. The monoisotopic (exact) mass is 370 g/mol. The lowest BCUT2D eigenvalue weighted by molar-refractivity contribution is 0.0869. The van der Waals surface area contributed by atoms with E-state index in [1.807, 2.05) is 17.7 Å². The van der Waals surface area contributed by atoms with Crippen molar-refractivity contribution < 1.29 is 9.90 Å². The molecule has 2 aromatic rings. The molecule has 2 fully saturated rings. The Morgan fingerprint density at radius 1 is 1.19 bits per heavy atom. The van der Waals surface area contributed by atoms with Crippen LogP contribution in [0.5, 0.6) is 0 Å². The van der Waals surface area contributed by atoms with Gasteiger partial charge in [-0.05, 0) is 72.3 Å². The molecule has 0 bridgehead atoms. The second-order valence-corrected chi connectivity index (χ2v) is 9.21. The van der Waals surface area contributed by atoms with Crippen molar-refractivity contribution in [2.75, 3.05) is 0 Å². The summed E-state index contributed by atoms with van der Waals surface area (Å²) in [4.78, 5) is 18.1. The second-order valence-electron chi connectivity index (χ2n) is 9.21. The zero-order valence-electron chi connectivity index (χ0n) is 16.7. The second kappa shape index (κ2) is 6.59. The quantitative estimate of drug-likeness (QED) is 0.868. The molecule has 6 nitrogen and oxygen atoms in total. The third-order valence-electron chi connectivity index (χ3n) is 5.74. The highest BCUT2D eigenvalue weighted by Crippen LogP contribution is 2.41. The molecule has 0 atom stereocenters. The highest BCUT2D eigenvalue weighted by atomic mass is 16.3. The van der Waals surface area contributed by atoms with Gasteiger partial charge in [0.15, 0.2) is 5.65 Å². The summed E-state index contributed by atoms with van der Waals surface area (Å²) < 4.78 is 1.96. The van der Waals surface area contributed by atoms with E-state index in [9.17, 15) is 9.90 Å². The maximum absolute atomic E-state index is 13.2. The molecule has 0 aromatic carbocycles. The van der Waals surface area contributed by atoms with Crippen LogP contribution in [0.25, 0.3) is 11.0 Å². The highest BCUT2D eigenvalue weighted by Gasteiger charge is 2.31. The molecule has 2 aromatic heterocycles. The molecule has 0 spiro atoms. The Morgan fingerprint density at radius 3 is 2.44 bits per heavy atom. The average Bonchev–Trinajstić information content (AvgIpc) is 3.39. The summed E-state index contributed by atoms with van der Waals surface area (Å²) in [5.74, 6) is 0.427. The van der Waals surface area contributed by atoms with Gasteiger partial charge in [0.1, 0.15) is 0 Å². The summed E-state index contributed by atoms with van der Waals surface area (Å²) in [5.41, 5.74) is 3.17. The number of nitrogens with one attached hydrogen (secondary N) is 1. The number of hydrogen-bond donors (Lipinski definition) is 2. The van der Waals surface area contributed by atoms with Gasteiger partial charge in [-0.15, -0.1) is 0 Å². The third kappa shape index (κ3) is 3.59. The summed E-state index contributed by atoms with van der Waals surface area (Å²) in [6, 6.07) is 2.11. The van der Waals surface area contributed by atoms with Gasteiger partial charge in [0, 0.05) is 17.7 Å². The van der Waals surface area contributed by atoms with Crippen LogP contribution < -0.4 is 5.32 Å². The van der Waals surface area contributed by atoms with Crippen LogP contribution in [0.15, 0.2) is 6.07 Å². The van der Waals surface area contributed by atoms with Crippen LogP contribution in [-0.2, 0) is 5.54 Å². The molecule has 0 saturated heterocycles. The molecule has 2 aliphatic carbocycles. The predicted octanol–water partition coefficient (Wildman–Crippen LogP) is 3.41. The largest absolute Gasteiger partial charge is 0.393 e. The van der Waals surface area contributed by atoms with Crippen molar-refractivity contribution in [1.82, 2.24) is 20.1 Å². The smallest absolute Gasteiger partial charge is 0.252 e. The first kappa shape index (κ1) is 18.4. The van der Waals surface area contributed by atoms with Gasteiger partial charge in [-0.1, -0.05) is 0 Å². The first-order chi connectivity index (χ1) is 12.7. The van der Waals surface area contributed by atoms with E-state index in [1.54, 1.807) is 0 Å². The third-order valence-corrected chi connectivity index (χ3v) is 5.74. The van der Waals surface area contributed by atoms with E-state index in [4.69, 9.17) is 10.1 Å². The van der Waals surface area contributed by atoms with Crippen molar-refractivity contribution >= 4 is 16.9 Å². The number of carbonyl (C=O) groups is 1. The Bertz CT molecular complexity index is 868. The molecule has 2 aliphatic rings. The molecule has 0 unspecified atom stereocenters. The van der Waals surface area contributed by atoms with Gasteiger partial charge < -0.3 is 10.4 Å². The number of aliphatic hydroxyl groups excluding tert-OH is 1. The average molecular weight is 370 g/mol. The number of rotatable bonds is 3. The Balaban J connectivity index is 1.74. The van der Waals surface area contributed by atoms with E-state index in [0.29, 0.717) is 11.5 Å². The van der Waals surface area contributed by atoms with E-state index in [0.717, 1.165) is 60.9 Å². The molecule has 27 heavy (non-hydrogen) atoms. The fourth-order valence-corrected chi connectivity index (χ4v) is 4.03. The number of amides is 1. The highest BCUT2D eigenvalue weighted by molar-refractivity contribution is 6.06. The maximum Gasteiger partial charge on any atom is 0.252 e. The fraction of sp³-hybridized carbons (Fsp3) is 0.667. The van der Waals surface area contributed by atoms with Crippen LogP contribution in [0.4, 0.5) is 0 Å². The summed E-state index contributed by atoms with van der Waals surface area (Å²) in [7, 11) is 0. The van der Waals surface area contributed by atoms with Gasteiger partial charge in [-0.3, -0.25) is 4.79 Å². The Labute approximate surface area is 160 Å². The number of nitrogens with zero attached hydrogens (tertiary/aromatic N) is 3. The van der Waals surface area contributed by atoms with Crippen molar-refractivity contribution in [2.24, 2.45) is 0 Å². The molecular weight excluding hydrogens is 340 g/mol. The van der Waals surface area contributed by atoms with E-state index in [1.165, 1.54) is 0 Å². The van der Waals surface area contributed by atoms with E-state index in [-0.39, 0.29) is 23.6 Å². The Kier molecular flexibility index (Phi) is 4.49. The summed E-state index contributed by atoms with van der Waals surface area (Å²) >= 11 is 0. The van der Waals surface area contributed by atoms with E-state index < -0.39 is 0 Å². The topological polar surface area (TPSA) is 80.0 Å². The first-order valence-corrected chi connectivity index (χ1v) is 10.1. The molecule has 2 saturated carbocycles. The Morgan fingerprint density at radius 2 is 1.85 bits per heavy atom. The van der Waals surface area contributed by atoms with Crippen LogP contribution in [0, 0.1) is 6.92 Å². The lowest BCUT2D eigenvalue weighted by atomic mass is 9.93. The Hall–Kier alpha value is -1.95. The lowest BCUT2D eigenvalue weighted by Crippen LogP contribution is -2.38. The van der Waals surface area contributed by atoms with E-state index >= 15 is 0 Å². The molecule has 4 rings (SSSR count). The van der Waals surface area contributed by atoms with Crippen LogP contribution in [0.1, 0.15) is 87.0 Å². The summed E-state index contributed by atoms with van der Waals surface area (Å²) in [6.45, 7) is 8.28. The number of hydrogen-bond acceptors (Lipinski definition) is 4. The minimum absolute atomic E-state index is 0.0396. The molecule has 0 aliphatic heterocycles. The minimum Gasteiger partial charge on any atom is -0.393 e. The number of aryl methyl sites for hydroxylation is 1. The molecule has 1 amide bonds. The zero-order chi connectivity index (χ0) is 19.3. The van der Waals surface area contributed by atoms with Crippen molar-refractivity contribution in [2.45, 2.75) is 89.8 Å². The number of aliphatic hydroxyl groups is 1. The van der Waals surface area contributed by atoms with Gasteiger partial charge in [-0.25, -0.2) is 9.67 Å². The molecule has 146 valence electrons. The van der Waals surface area contributed by atoms with Gasteiger partial charge in [-0.2, -0.15) is 5.10 Å². The van der Waals surface area contributed by atoms with Crippen molar-refractivity contribution in [3.63, 3.8) is 0 Å². The van der Waals surface area contributed by atoms with Gasteiger partial charge in [0.2, 0.25) is 0 Å². The molecule has 2 N–H and O–H groups in total. The minimum atomic E-state index is -0.223. The molecule has 6 heteroatoms. The van der Waals surface area contributed by atoms with Crippen molar-refractivity contribution in [1.29, 1.82) is 0 Å². The predicted molar refractivity (Wildman–Crippen MR) is 105 cm³/mol. The standard InChI is InChI=1S/C21H30N4O2/c1-12-18-16(20(27)22-14-7-9-15(26)10-8-14)11-17(13-5-6-13)23-19(18)25(24-12)21(2,3)4/h11,13-15,26H,5-10H2,1-4H3,(H,22,27). The SMILES string of the molecule is Cc1nn(C(C)(C)C)c2nc(C3CC3)cc(C(=O)NC3CCC(O)CC3)c12. The zero-order valence-corrected chi connectivity index (χ0v) is 16.7. The number of aromatic nitrogens is 3. The first-order valence-electron chi connectivity index (χ1n) is 10.1. The van der Waals surface area contributed by atoms with Gasteiger partial charge >= 0.3 is 0 Å². The lowest BCUT2D eigenvalue weighted by Gasteiger charge is -2.26. The van der Waals surface area contributed by atoms with Crippen LogP contribution in [-0.4, -0.2) is 37.9 Å². The maximum atomic E-state index is 13.2. The van der Waals surface area contributed by atoms with Crippen LogP contribution in [0.3, 0.4) is 0 Å². The van der Waals surface area contributed by atoms with E-state index in [2.05, 4.69) is 26.1 Å².